The van der Waals surface area contributed by atoms with Crippen LogP contribution in [0.5, 0.6) is 0 Å². The second kappa shape index (κ2) is 7.73. The summed E-state index contributed by atoms with van der Waals surface area (Å²) in [6, 6.07) is 4.68. The Hall–Kier alpha value is -1.97. The Kier molecular flexibility index (Phi) is 6.47. The highest BCUT2D eigenvalue weighted by molar-refractivity contribution is 7.89. The number of amides is 2. The van der Waals surface area contributed by atoms with Crippen molar-refractivity contribution in [3.8, 4) is 0 Å². The average Bonchev–Trinajstić information content (AvgIpc) is 2.46. The lowest BCUT2D eigenvalue weighted by molar-refractivity contribution is -0.123. The summed E-state index contributed by atoms with van der Waals surface area (Å²) in [4.78, 5) is 23.0. The summed E-state index contributed by atoms with van der Waals surface area (Å²) in [5, 5.41) is 5.22. The van der Waals surface area contributed by atoms with Crippen molar-refractivity contribution < 1.29 is 18.0 Å². The lowest BCUT2D eigenvalue weighted by Crippen LogP contribution is -2.54. The van der Waals surface area contributed by atoms with Crippen LogP contribution in [0.25, 0.3) is 0 Å². The minimum Gasteiger partial charge on any atom is -0.349 e. The van der Waals surface area contributed by atoms with Gasteiger partial charge in [-0.25, -0.2) is 8.42 Å². The zero-order valence-electron chi connectivity index (χ0n) is 14.2. The Bertz CT molecular complexity index is 699. The van der Waals surface area contributed by atoms with Crippen molar-refractivity contribution >= 4 is 27.5 Å². The average molecular weight is 356 g/mol. The molecule has 9 heteroatoms. The van der Waals surface area contributed by atoms with Crippen molar-refractivity contribution in [3.63, 3.8) is 0 Å². The van der Waals surface area contributed by atoms with Crippen LogP contribution in [0.3, 0.4) is 0 Å². The Labute approximate surface area is 142 Å². The molecule has 0 spiro atoms. The number of benzene rings is 1. The van der Waals surface area contributed by atoms with Crippen molar-refractivity contribution in [2.45, 2.75) is 44.2 Å². The van der Waals surface area contributed by atoms with E-state index < -0.39 is 27.5 Å². The number of sulfonamides is 1. The normalized spacial score (nSPS) is 13.2. The van der Waals surface area contributed by atoms with E-state index in [0.717, 1.165) is 0 Å². The summed E-state index contributed by atoms with van der Waals surface area (Å²) in [5.41, 5.74) is 5.39. The quantitative estimate of drug-likeness (QED) is 0.553. The highest BCUT2D eigenvalue weighted by Gasteiger charge is 2.26. The molecule has 0 saturated carbocycles. The zero-order chi connectivity index (χ0) is 18.5. The van der Waals surface area contributed by atoms with E-state index in [0.29, 0.717) is 5.69 Å². The molecule has 24 heavy (non-hydrogen) atoms. The summed E-state index contributed by atoms with van der Waals surface area (Å²) >= 11 is 0. The first-order valence-corrected chi connectivity index (χ1v) is 8.87. The van der Waals surface area contributed by atoms with Crippen LogP contribution >= 0.6 is 0 Å². The Balaban J connectivity index is 2.81. The van der Waals surface area contributed by atoms with Gasteiger partial charge in [0.25, 0.3) is 0 Å². The fourth-order valence-corrected chi connectivity index (χ4v) is 2.97. The van der Waals surface area contributed by atoms with E-state index in [-0.39, 0.29) is 17.3 Å². The van der Waals surface area contributed by atoms with Crippen LogP contribution in [-0.4, -0.2) is 38.4 Å². The van der Waals surface area contributed by atoms with Gasteiger partial charge in [0.2, 0.25) is 21.8 Å². The first-order valence-electron chi connectivity index (χ1n) is 7.39. The Morgan fingerprint density at radius 3 is 2.21 bits per heavy atom. The summed E-state index contributed by atoms with van der Waals surface area (Å²) in [5.74, 6) is -0.722. The van der Waals surface area contributed by atoms with Crippen molar-refractivity contribution in [1.82, 2.24) is 10.0 Å². The number of hydrogen-bond donors (Lipinski definition) is 4. The molecule has 0 heterocycles. The molecule has 1 atom stereocenters. The van der Waals surface area contributed by atoms with Crippen LogP contribution in [0.1, 0.15) is 27.7 Å². The maximum absolute atomic E-state index is 12.3. The number of nitrogens with one attached hydrogen (secondary N) is 3. The van der Waals surface area contributed by atoms with Gasteiger partial charge < -0.3 is 16.4 Å². The molecule has 134 valence electrons. The van der Waals surface area contributed by atoms with E-state index in [1.807, 2.05) is 0 Å². The molecule has 2 amide bonds. The zero-order valence-corrected chi connectivity index (χ0v) is 15.0. The van der Waals surface area contributed by atoms with E-state index in [2.05, 4.69) is 15.4 Å². The number of rotatable bonds is 7. The van der Waals surface area contributed by atoms with Gasteiger partial charge in [-0.15, -0.1) is 0 Å². The second-order valence-corrected chi connectivity index (χ2v) is 7.84. The van der Waals surface area contributed by atoms with Gasteiger partial charge in [0, 0.05) is 24.7 Å². The summed E-state index contributed by atoms with van der Waals surface area (Å²) in [7, 11) is -3.87. The third-order valence-electron chi connectivity index (χ3n) is 3.18. The third-order valence-corrected chi connectivity index (χ3v) is 4.74. The van der Waals surface area contributed by atoms with Crippen LogP contribution in [-0.2, 0) is 19.6 Å². The Morgan fingerprint density at radius 2 is 1.75 bits per heavy atom. The largest absolute Gasteiger partial charge is 0.349 e. The fraction of sp³-hybridized carbons (Fsp3) is 0.467. The first-order chi connectivity index (χ1) is 11.0. The molecule has 0 aliphatic heterocycles. The minimum absolute atomic E-state index is 0.00524. The van der Waals surface area contributed by atoms with Gasteiger partial charge in [0.1, 0.15) is 0 Å². The molecular weight excluding hydrogens is 332 g/mol. The lowest BCUT2D eigenvalue weighted by Gasteiger charge is -2.26. The number of carbonyl (C=O) groups excluding carboxylic acids is 2. The fourth-order valence-electron chi connectivity index (χ4n) is 1.77. The molecule has 0 bridgehead atoms. The van der Waals surface area contributed by atoms with Gasteiger partial charge in [-0.1, -0.05) is 0 Å². The lowest BCUT2D eigenvalue weighted by atomic mass is 10.1. The molecule has 1 aromatic rings. The van der Waals surface area contributed by atoms with E-state index in [9.17, 15) is 18.0 Å². The van der Waals surface area contributed by atoms with Crippen molar-refractivity contribution in [3.05, 3.63) is 24.3 Å². The number of anilines is 1. The van der Waals surface area contributed by atoms with Crippen LogP contribution in [0.4, 0.5) is 5.69 Å². The summed E-state index contributed by atoms with van der Waals surface area (Å²) in [6.45, 7) is 6.52. The molecule has 0 aliphatic carbocycles. The smallest absolute Gasteiger partial charge is 0.241 e. The second-order valence-electron chi connectivity index (χ2n) is 6.13. The molecule has 5 N–H and O–H groups in total. The first kappa shape index (κ1) is 20.1. The minimum atomic E-state index is -3.87. The maximum Gasteiger partial charge on any atom is 0.241 e. The van der Waals surface area contributed by atoms with Gasteiger partial charge in [-0.05, 0) is 45.0 Å². The number of carbonyl (C=O) groups is 2. The number of hydrogen-bond acceptors (Lipinski definition) is 5. The van der Waals surface area contributed by atoms with Crippen LogP contribution in [0.2, 0.25) is 0 Å². The number of nitrogens with two attached hydrogens (primary N) is 1. The molecule has 1 aromatic carbocycles. The summed E-state index contributed by atoms with van der Waals surface area (Å²) < 4.78 is 26.9. The van der Waals surface area contributed by atoms with Gasteiger partial charge >= 0.3 is 0 Å². The Morgan fingerprint density at radius 1 is 1.21 bits per heavy atom. The molecule has 0 aromatic heterocycles. The SMILES string of the molecule is CC(=O)Nc1ccc(S(=O)(=O)NC(C)C(=O)NC(C)(C)CN)cc1. The molecular formula is C15H24N4O4S. The van der Waals surface area contributed by atoms with Crippen molar-refractivity contribution in [1.29, 1.82) is 0 Å². The third kappa shape index (κ3) is 5.91. The van der Waals surface area contributed by atoms with Crippen molar-refractivity contribution in [2.24, 2.45) is 5.73 Å². The summed E-state index contributed by atoms with van der Waals surface area (Å²) in [6.07, 6.45) is 0. The van der Waals surface area contributed by atoms with Gasteiger partial charge in [0.15, 0.2) is 0 Å². The van der Waals surface area contributed by atoms with E-state index in [4.69, 9.17) is 5.73 Å². The van der Waals surface area contributed by atoms with Gasteiger partial charge in [-0.2, -0.15) is 4.72 Å². The van der Waals surface area contributed by atoms with Crippen LogP contribution in [0, 0.1) is 0 Å². The maximum atomic E-state index is 12.3. The highest BCUT2D eigenvalue weighted by Crippen LogP contribution is 2.14. The van der Waals surface area contributed by atoms with Crippen LogP contribution < -0.4 is 21.1 Å². The molecule has 0 aliphatic rings. The standard InChI is InChI=1S/C15H24N4O4S/c1-10(14(21)18-15(3,4)9-16)19-24(22,23)13-7-5-12(6-8-13)17-11(2)20/h5-8,10,19H,9,16H2,1-4H3,(H,17,20)(H,18,21). The topological polar surface area (TPSA) is 130 Å². The van der Waals surface area contributed by atoms with E-state index in [1.54, 1.807) is 13.8 Å². The predicted molar refractivity (Wildman–Crippen MR) is 91.8 cm³/mol. The molecule has 0 fully saturated rings. The molecule has 1 rings (SSSR count). The van der Waals surface area contributed by atoms with Crippen LogP contribution in [0.15, 0.2) is 29.2 Å². The van der Waals surface area contributed by atoms with Crippen molar-refractivity contribution in [2.75, 3.05) is 11.9 Å². The van der Waals surface area contributed by atoms with E-state index >= 15 is 0 Å². The van der Waals surface area contributed by atoms with Gasteiger partial charge in [0.05, 0.1) is 10.9 Å². The predicted octanol–water partition coefficient (Wildman–Crippen LogP) is 0.165. The molecule has 8 nitrogen and oxygen atoms in total. The monoisotopic (exact) mass is 356 g/mol. The van der Waals surface area contributed by atoms with Gasteiger partial charge in [-0.3, -0.25) is 9.59 Å². The highest BCUT2D eigenvalue weighted by atomic mass is 32.2. The molecule has 0 radical (unpaired) electrons. The van der Waals surface area contributed by atoms with E-state index in [1.165, 1.54) is 38.1 Å². The molecule has 0 saturated heterocycles. The molecule has 1 unspecified atom stereocenters.